The van der Waals surface area contributed by atoms with Crippen molar-refractivity contribution < 1.29 is 5.11 Å². The van der Waals surface area contributed by atoms with Crippen molar-refractivity contribution in [3.8, 4) is 0 Å². The number of anilines is 1. The first-order valence-corrected chi connectivity index (χ1v) is 5.95. The first kappa shape index (κ1) is 13.1. The van der Waals surface area contributed by atoms with Gasteiger partial charge in [0.1, 0.15) is 17.1 Å². The number of aromatic nitrogens is 3. The number of nitrogens with zero attached hydrogens (tertiary/aromatic N) is 3. The van der Waals surface area contributed by atoms with Crippen LogP contribution in [0.15, 0.2) is 12.3 Å². The van der Waals surface area contributed by atoms with Crippen molar-refractivity contribution >= 4 is 29.0 Å². The van der Waals surface area contributed by atoms with Gasteiger partial charge in [0, 0.05) is 24.4 Å². The number of nitrogens with two attached hydrogens (primary N) is 1. The lowest BCUT2D eigenvalue weighted by Gasteiger charge is -2.13. The minimum absolute atomic E-state index is 0.214. The average molecular weight is 287 g/mol. The molecule has 0 aromatic carbocycles. The molecule has 0 saturated heterocycles. The quantitative estimate of drug-likeness (QED) is 0.886. The molecule has 1 unspecified atom stereocenters. The topological polar surface area (TPSA) is 77.0 Å². The molecule has 0 radical (unpaired) electrons. The number of aliphatic hydroxyl groups excluding tert-OH is 1. The first-order valence-electron chi connectivity index (χ1n) is 5.19. The third-order valence-electron chi connectivity index (χ3n) is 2.68. The van der Waals surface area contributed by atoms with Gasteiger partial charge in [0.15, 0.2) is 0 Å². The van der Waals surface area contributed by atoms with Crippen LogP contribution in [-0.2, 0) is 7.05 Å². The van der Waals surface area contributed by atoms with Crippen molar-refractivity contribution in [1.29, 1.82) is 0 Å². The summed E-state index contributed by atoms with van der Waals surface area (Å²) in [4.78, 5) is 3.91. The van der Waals surface area contributed by atoms with Gasteiger partial charge in [-0.2, -0.15) is 5.10 Å². The summed E-state index contributed by atoms with van der Waals surface area (Å²) in [7, 11) is 1.70. The summed E-state index contributed by atoms with van der Waals surface area (Å²) in [6.45, 7) is 1.76. The Bertz CT molecular complexity index is 597. The van der Waals surface area contributed by atoms with Gasteiger partial charge in [0.2, 0.25) is 0 Å². The zero-order chi connectivity index (χ0) is 13.4. The minimum Gasteiger partial charge on any atom is -0.383 e. The molecule has 0 aliphatic carbocycles. The predicted octanol–water partition coefficient (Wildman–Crippen LogP) is 2.09. The highest BCUT2D eigenvalue weighted by atomic mass is 35.5. The first-order chi connectivity index (χ1) is 8.41. The standard InChI is InChI=1S/C11H12Cl2N4O/c1-5-8(10(13)17(2)16-5)9(18)7-3-6(12)4-15-11(7)14/h3-4,9,18H,1-2H3,(H2,14,15). The Balaban J connectivity index is 2.54. The van der Waals surface area contributed by atoms with Gasteiger partial charge in [-0.25, -0.2) is 4.98 Å². The van der Waals surface area contributed by atoms with Crippen LogP contribution in [0.3, 0.4) is 0 Å². The number of pyridine rings is 1. The van der Waals surface area contributed by atoms with E-state index in [1.807, 2.05) is 0 Å². The van der Waals surface area contributed by atoms with Crippen LogP contribution in [-0.4, -0.2) is 19.9 Å². The summed E-state index contributed by atoms with van der Waals surface area (Å²) in [5.74, 6) is 0.214. The van der Waals surface area contributed by atoms with Crippen molar-refractivity contribution in [3.63, 3.8) is 0 Å². The molecule has 0 aliphatic rings. The molecule has 96 valence electrons. The molecule has 2 aromatic rings. The second-order valence-electron chi connectivity index (χ2n) is 3.94. The Morgan fingerprint density at radius 1 is 1.44 bits per heavy atom. The molecule has 5 nitrogen and oxygen atoms in total. The van der Waals surface area contributed by atoms with Gasteiger partial charge in [0.25, 0.3) is 0 Å². The van der Waals surface area contributed by atoms with Gasteiger partial charge in [-0.1, -0.05) is 23.2 Å². The molecule has 0 bridgehead atoms. The second kappa shape index (κ2) is 4.76. The van der Waals surface area contributed by atoms with E-state index < -0.39 is 6.10 Å². The third kappa shape index (κ3) is 2.16. The van der Waals surface area contributed by atoms with Crippen LogP contribution in [0.25, 0.3) is 0 Å². The number of aliphatic hydroxyl groups is 1. The third-order valence-corrected chi connectivity index (χ3v) is 3.34. The highest BCUT2D eigenvalue weighted by molar-refractivity contribution is 6.31. The molecule has 0 saturated carbocycles. The Hall–Kier alpha value is -1.30. The molecular weight excluding hydrogens is 275 g/mol. The van der Waals surface area contributed by atoms with Gasteiger partial charge in [-0.15, -0.1) is 0 Å². The molecule has 2 aromatic heterocycles. The Morgan fingerprint density at radius 2 is 2.11 bits per heavy atom. The summed E-state index contributed by atoms with van der Waals surface area (Å²) in [5, 5.41) is 15.3. The molecular formula is C11H12Cl2N4O. The molecule has 0 aliphatic heterocycles. The van der Waals surface area contributed by atoms with Crippen molar-refractivity contribution in [2.45, 2.75) is 13.0 Å². The Morgan fingerprint density at radius 3 is 2.67 bits per heavy atom. The molecule has 2 heterocycles. The van der Waals surface area contributed by atoms with Gasteiger partial charge in [-0.05, 0) is 13.0 Å². The number of halogens is 2. The van der Waals surface area contributed by atoms with Gasteiger partial charge >= 0.3 is 0 Å². The number of rotatable bonds is 2. The number of hydrogen-bond donors (Lipinski definition) is 2. The smallest absolute Gasteiger partial charge is 0.133 e. The van der Waals surface area contributed by atoms with Crippen LogP contribution in [0.4, 0.5) is 5.82 Å². The summed E-state index contributed by atoms with van der Waals surface area (Å²) >= 11 is 11.9. The lowest BCUT2D eigenvalue weighted by Crippen LogP contribution is -2.06. The van der Waals surface area contributed by atoms with Crippen LogP contribution in [0.1, 0.15) is 22.9 Å². The van der Waals surface area contributed by atoms with Crippen LogP contribution in [0, 0.1) is 6.92 Å². The fourth-order valence-corrected chi connectivity index (χ4v) is 2.24. The molecule has 7 heteroatoms. The van der Waals surface area contributed by atoms with Crippen molar-refractivity contribution in [2.75, 3.05) is 5.73 Å². The normalized spacial score (nSPS) is 12.7. The Kier molecular flexibility index (Phi) is 3.47. The lowest BCUT2D eigenvalue weighted by atomic mass is 10.0. The molecule has 0 spiro atoms. The van der Waals surface area contributed by atoms with Crippen LogP contribution >= 0.6 is 23.2 Å². The molecule has 1 atom stereocenters. The predicted molar refractivity (Wildman–Crippen MR) is 70.7 cm³/mol. The van der Waals surface area contributed by atoms with Crippen LogP contribution < -0.4 is 5.73 Å². The van der Waals surface area contributed by atoms with E-state index >= 15 is 0 Å². The molecule has 0 fully saturated rings. The highest BCUT2D eigenvalue weighted by Crippen LogP contribution is 2.33. The van der Waals surface area contributed by atoms with Crippen molar-refractivity contribution in [3.05, 3.63) is 39.3 Å². The average Bonchev–Trinajstić information content (AvgIpc) is 2.56. The largest absolute Gasteiger partial charge is 0.383 e. The van der Waals surface area contributed by atoms with E-state index in [1.54, 1.807) is 20.0 Å². The van der Waals surface area contributed by atoms with Crippen LogP contribution in [0.5, 0.6) is 0 Å². The summed E-state index contributed by atoms with van der Waals surface area (Å²) in [6, 6.07) is 1.57. The summed E-state index contributed by atoms with van der Waals surface area (Å²) < 4.78 is 1.49. The summed E-state index contributed by atoms with van der Waals surface area (Å²) in [6.07, 6.45) is 0.419. The van der Waals surface area contributed by atoms with E-state index in [0.29, 0.717) is 27.0 Å². The van der Waals surface area contributed by atoms with Gasteiger partial charge in [-0.3, -0.25) is 4.68 Å². The van der Waals surface area contributed by atoms with Crippen molar-refractivity contribution in [2.24, 2.45) is 7.05 Å². The molecule has 18 heavy (non-hydrogen) atoms. The van der Waals surface area contributed by atoms with E-state index in [4.69, 9.17) is 28.9 Å². The van der Waals surface area contributed by atoms with Crippen LogP contribution in [0.2, 0.25) is 10.2 Å². The van der Waals surface area contributed by atoms with E-state index in [1.165, 1.54) is 10.9 Å². The van der Waals surface area contributed by atoms with E-state index in [2.05, 4.69) is 10.1 Å². The zero-order valence-corrected chi connectivity index (χ0v) is 11.4. The minimum atomic E-state index is -1.00. The lowest BCUT2D eigenvalue weighted by molar-refractivity contribution is 0.220. The SMILES string of the molecule is Cc1nn(C)c(Cl)c1C(O)c1cc(Cl)cnc1N. The molecule has 0 amide bonds. The highest BCUT2D eigenvalue weighted by Gasteiger charge is 2.23. The van der Waals surface area contributed by atoms with E-state index in [0.717, 1.165) is 0 Å². The van der Waals surface area contributed by atoms with Crippen molar-refractivity contribution in [1.82, 2.24) is 14.8 Å². The molecule has 3 N–H and O–H groups in total. The zero-order valence-electron chi connectivity index (χ0n) is 9.85. The van der Waals surface area contributed by atoms with Gasteiger partial charge < -0.3 is 10.8 Å². The fourth-order valence-electron chi connectivity index (χ4n) is 1.80. The maximum atomic E-state index is 10.4. The monoisotopic (exact) mass is 286 g/mol. The van der Waals surface area contributed by atoms with E-state index in [-0.39, 0.29) is 5.82 Å². The maximum Gasteiger partial charge on any atom is 0.133 e. The second-order valence-corrected chi connectivity index (χ2v) is 4.74. The molecule has 2 rings (SSSR count). The van der Waals surface area contributed by atoms with E-state index in [9.17, 15) is 5.11 Å². The Labute approximate surface area is 114 Å². The number of hydrogen-bond acceptors (Lipinski definition) is 4. The maximum absolute atomic E-state index is 10.4. The fraction of sp³-hybridized carbons (Fsp3) is 0.273. The van der Waals surface area contributed by atoms with Gasteiger partial charge in [0.05, 0.1) is 10.7 Å². The summed E-state index contributed by atoms with van der Waals surface area (Å²) in [5.41, 5.74) is 7.29. The number of nitrogen functional groups attached to an aromatic ring is 1. The number of aryl methyl sites for hydroxylation is 2.